The van der Waals surface area contributed by atoms with Crippen LogP contribution < -0.4 is 0 Å². The minimum absolute atomic E-state index is 0.311. The van der Waals surface area contributed by atoms with Crippen molar-refractivity contribution in [2.45, 2.75) is 39.3 Å². The lowest BCUT2D eigenvalue weighted by atomic mass is 9.99. The Kier molecular flexibility index (Phi) is 11.9. The van der Waals surface area contributed by atoms with Gasteiger partial charge in [-0.05, 0) is 95.1 Å². The molecule has 12 heteroatoms. The molecule has 6 nitrogen and oxygen atoms in total. The van der Waals surface area contributed by atoms with E-state index in [2.05, 4.69) is 71.4 Å². The van der Waals surface area contributed by atoms with Gasteiger partial charge in [-0.1, -0.05) is 134 Å². The predicted octanol–water partition coefficient (Wildman–Crippen LogP) is 12.3. The fourth-order valence-corrected chi connectivity index (χ4v) is 9.11. The summed E-state index contributed by atoms with van der Waals surface area (Å²) in [5.74, 6) is -1.24. The zero-order valence-electron chi connectivity index (χ0n) is 34.1. The molecule has 0 unspecified atom stereocenters. The molecule has 0 amide bonds. The number of rotatable bonds is 8. The van der Waals surface area contributed by atoms with Gasteiger partial charge in [0, 0.05) is 11.1 Å². The molecule has 60 heavy (non-hydrogen) atoms. The zero-order valence-corrected chi connectivity index (χ0v) is 36.1. The average Bonchev–Trinajstić information content (AvgIpc) is 3.85. The highest BCUT2D eigenvalue weighted by Crippen LogP contribution is 2.30. The molecule has 2 heterocycles. The molecule has 2 aromatic heterocycles. The van der Waals surface area contributed by atoms with Gasteiger partial charge in [0.2, 0.25) is 0 Å². The van der Waals surface area contributed by atoms with Gasteiger partial charge in [0.25, 0.3) is 0 Å². The fourth-order valence-electron chi connectivity index (χ4n) is 6.51. The number of fused-ring (bicyclic) bond motifs is 2. The molecule has 0 atom stereocenters. The van der Waals surface area contributed by atoms with Crippen molar-refractivity contribution in [3.63, 3.8) is 0 Å². The summed E-state index contributed by atoms with van der Waals surface area (Å²) in [6.45, 7) is 13.2. The van der Waals surface area contributed by atoms with Crippen molar-refractivity contribution in [2.75, 3.05) is 0 Å². The van der Waals surface area contributed by atoms with Crippen LogP contribution in [-0.4, -0.2) is 46.1 Å². The summed E-state index contributed by atoms with van der Waals surface area (Å²) < 4.78 is 57.9. The number of para-hydroxylation sites is 2. The monoisotopic (exact) mass is 834 g/mol. The van der Waals surface area contributed by atoms with Gasteiger partial charge < -0.3 is 0 Å². The van der Waals surface area contributed by atoms with Crippen molar-refractivity contribution in [1.82, 2.24) is 30.0 Å². The standard InChI is InChI=1S/2C24H21F2N3Si/c2*1-30(2,3)24(29-23-7-5-4-6-22(23)27-28-29)16-21(17-8-12-19(25)13-9-17)18-10-14-20(26)15-11-18/h2*4-15H,1-3H3. The van der Waals surface area contributed by atoms with E-state index in [1.165, 1.54) is 48.5 Å². The largest absolute Gasteiger partial charge is 0.214 e. The Hall–Kier alpha value is -6.69. The molecule has 0 aliphatic heterocycles. The average molecular weight is 835 g/mol. The van der Waals surface area contributed by atoms with E-state index in [0.717, 1.165) is 66.1 Å². The van der Waals surface area contributed by atoms with Gasteiger partial charge in [0.05, 0.1) is 21.7 Å². The molecule has 8 rings (SSSR count). The van der Waals surface area contributed by atoms with E-state index in [4.69, 9.17) is 0 Å². The Labute approximate surface area is 348 Å². The molecule has 6 aromatic carbocycles. The third-order valence-electron chi connectivity index (χ3n) is 9.57. The number of hydrogen-bond donors (Lipinski definition) is 0. The van der Waals surface area contributed by atoms with Gasteiger partial charge in [-0.25, -0.2) is 26.9 Å². The van der Waals surface area contributed by atoms with Crippen molar-refractivity contribution in [3.8, 4) is 0 Å². The summed E-state index contributed by atoms with van der Waals surface area (Å²) in [6, 6.07) is 40.6. The highest BCUT2D eigenvalue weighted by atomic mass is 28.3. The van der Waals surface area contributed by atoms with E-state index in [-0.39, 0.29) is 23.3 Å². The van der Waals surface area contributed by atoms with Crippen LogP contribution in [0.15, 0.2) is 157 Å². The van der Waals surface area contributed by atoms with Crippen molar-refractivity contribution >= 4 is 60.0 Å². The van der Waals surface area contributed by atoms with Crippen LogP contribution in [0, 0.1) is 23.3 Å². The zero-order chi connectivity index (χ0) is 42.6. The Morgan fingerprint density at radius 3 is 0.933 bits per heavy atom. The smallest absolute Gasteiger partial charge is 0.123 e. The van der Waals surface area contributed by atoms with Crippen molar-refractivity contribution in [2.24, 2.45) is 0 Å². The quantitative estimate of drug-likeness (QED) is 0.0869. The maximum atomic E-state index is 13.6. The second-order valence-corrected chi connectivity index (χ2v) is 26.2. The highest BCUT2D eigenvalue weighted by Gasteiger charge is 2.26. The SMILES string of the molecule is C[Si](C)(C)C(=C=C(c1ccc(F)cc1)c1ccc(F)cc1)n1nnc2ccccc21.C[Si](C)(C)C(=C=C(c1ccc(F)cc1)c1ccc(F)cc1)n1nnc2ccccc21. The van der Waals surface area contributed by atoms with E-state index >= 15 is 0 Å². The summed E-state index contributed by atoms with van der Waals surface area (Å²) in [7, 11) is -3.92. The molecule has 0 aliphatic rings. The normalized spacial score (nSPS) is 11.4. The first kappa shape index (κ1) is 41.5. The van der Waals surface area contributed by atoms with Gasteiger partial charge in [0.1, 0.15) is 50.5 Å². The van der Waals surface area contributed by atoms with Gasteiger partial charge in [-0.15, -0.1) is 10.2 Å². The summed E-state index contributed by atoms with van der Waals surface area (Å²) in [5.41, 5.74) is 15.2. The second-order valence-electron chi connectivity index (χ2n) is 16.2. The molecule has 0 saturated heterocycles. The van der Waals surface area contributed by atoms with Crippen molar-refractivity contribution in [1.29, 1.82) is 0 Å². The van der Waals surface area contributed by atoms with Crippen LogP contribution in [0.2, 0.25) is 39.3 Å². The first-order chi connectivity index (χ1) is 28.7. The van der Waals surface area contributed by atoms with E-state index < -0.39 is 16.1 Å². The second kappa shape index (κ2) is 17.3. The minimum atomic E-state index is -1.96. The number of nitrogens with zero attached hydrogens (tertiary/aromatic N) is 6. The Bertz CT molecular complexity index is 2630. The van der Waals surface area contributed by atoms with Crippen molar-refractivity contribution < 1.29 is 17.6 Å². The third kappa shape index (κ3) is 9.44. The number of benzene rings is 6. The summed E-state index contributed by atoms with van der Waals surface area (Å²) in [4.78, 5) is 0. The van der Waals surface area contributed by atoms with Crippen LogP contribution in [0.3, 0.4) is 0 Å². The Morgan fingerprint density at radius 2 is 0.667 bits per heavy atom. The predicted molar refractivity (Wildman–Crippen MR) is 239 cm³/mol. The van der Waals surface area contributed by atoms with Crippen LogP contribution in [0.1, 0.15) is 22.3 Å². The first-order valence-corrected chi connectivity index (χ1v) is 26.3. The number of halogens is 4. The van der Waals surface area contributed by atoms with E-state index in [1.807, 2.05) is 57.9 Å². The molecular weight excluding hydrogens is 793 g/mol. The van der Waals surface area contributed by atoms with E-state index in [9.17, 15) is 17.6 Å². The topological polar surface area (TPSA) is 61.4 Å². The van der Waals surface area contributed by atoms with Gasteiger partial charge in [-0.3, -0.25) is 0 Å². The summed E-state index contributed by atoms with van der Waals surface area (Å²) in [5, 5.41) is 19.2. The van der Waals surface area contributed by atoms with Gasteiger partial charge in [-0.2, -0.15) is 0 Å². The molecule has 0 N–H and O–H groups in total. The molecule has 0 aliphatic carbocycles. The molecule has 8 aromatic rings. The van der Waals surface area contributed by atoms with Crippen LogP contribution in [-0.2, 0) is 0 Å². The van der Waals surface area contributed by atoms with Crippen LogP contribution >= 0.6 is 0 Å². The van der Waals surface area contributed by atoms with Gasteiger partial charge >= 0.3 is 0 Å². The Balaban J connectivity index is 0.000000181. The lowest BCUT2D eigenvalue weighted by Gasteiger charge is -2.19. The molecular formula is C48H42F4N6Si2. The van der Waals surface area contributed by atoms with E-state index in [1.54, 1.807) is 48.5 Å². The number of aromatic nitrogens is 6. The Morgan fingerprint density at radius 1 is 0.400 bits per heavy atom. The number of hydrogen-bond acceptors (Lipinski definition) is 4. The molecule has 0 spiro atoms. The van der Waals surface area contributed by atoms with Crippen LogP contribution in [0.25, 0.3) is 43.9 Å². The highest BCUT2D eigenvalue weighted by molar-refractivity contribution is 6.92. The molecule has 0 saturated carbocycles. The maximum absolute atomic E-state index is 13.6. The van der Waals surface area contributed by atoms with E-state index in [0.29, 0.717) is 0 Å². The lowest BCUT2D eigenvalue weighted by Crippen LogP contribution is -2.27. The summed E-state index contributed by atoms with van der Waals surface area (Å²) in [6.07, 6.45) is 0. The molecule has 0 bridgehead atoms. The molecule has 0 radical (unpaired) electrons. The third-order valence-corrected chi connectivity index (χ3v) is 13.1. The fraction of sp³-hybridized carbons (Fsp3) is 0.125. The summed E-state index contributed by atoms with van der Waals surface area (Å²) >= 11 is 0. The van der Waals surface area contributed by atoms with Crippen LogP contribution in [0.5, 0.6) is 0 Å². The first-order valence-electron chi connectivity index (χ1n) is 19.3. The molecule has 300 valence electrons. The minimum Gasteiger partial charge on any atom is -0.214 e. The van der Waals surface area contributed by atoms with Crippen molar-refractivity contribution in [3.05, 3.63) is 203 Å². The van der Waals surface area contributed by atoms with Gasteiger partial charge in [0.15, 0.2) is 0 Å². The maximum Gasteiger partial charge on any atom is 0.123 e. The molecule has 0 fully saturated rings. The van der Waals surface area contributed by atoms with Crippen LogP contribution in [0.4, 0.5) is 17.6 Å². The lowest BCUT2D eigenvalue weighted by molar-refractivity contribution is 0.627.